The van der Waals surface area contributed by atoms with Crippen LogP contribution in [0.1, 0.15) is 30.4 Å². The summed E-state index contributed by atoms with van der Waals surface area (Å²) in [4.78, 5) is 14.4. The highest BCUT2D eigenvalue weighted by Gasteiger charge is 2.37. The second kappa shape index (κ2) is 4.39. The third-order valence-corrected chi connectivity index (χ3v) is 4.32. The molecule has 18 heavy (non-hydrogen) atoms. The highest BCUT2D eigenvalue weighted by Crippen LogP contribution is 2.36. The van der Waals surface area contributed by atoms with E-state index in [0.717, 1.165) is 6.42 Å². The molecule has 1 aliphatic heterocycles. The molecule has 1 fully saturated rings. The van der Waals surface area contributed by atoms with Crippen LogP contribution in [0.4, 0.5) is 0 Å². The first-order valence-electron chi connectivity index (χ1n) is 6.71. The summed E-state index contributed by atoms with van der Waals surface area (Å²) in [7, 11) is 0. The molecule has 1 aromatic carbocycles. The number of carbonyl (C=O) groups is 1. The van der Waals surface area contributed by atoms with Gasteiger partial charge in [-0.15, -0.1) is 0 Å². The van der Waals surface area contributed by atoms with E-state index in [1.54, 1.807) is 0 Å². The average molecular weight is 245 g/mol. The molecule has 0 aromatic heterocycles. The monoisotopic (exact) mass is 245 g/mol. The number of hydrogen-bond acceptors (Lipinski definition) is 2. The summed E-state index contributed by atoms with van der Waals surface area (Å²) in [5.41, 5.74) is 2.50. The van der Waals surface area contributed by atoms with Crippen molar-refractivity contribution in [1.82, 2.24) is 4.90 Å². The molecule has 1 saturated heterocycles. The second-order valence-corrected chi connectivity index (χ2v) is 5.57. The van der Waals surface area contributed by atoms with Gasteiger partial charge in [-0.05, 0) is 29.9 Å². The summed E-state index contributed by atoms with van der Waals surface area (Å²) in [5.74, 6) is 0.495. The molecular formula is C15H19NO2. The van der Waals surface area contributed by atoms with Crippen molar-refractivity contribution in [3.63, 3.8) is 0 Å². The Morgan fingerprint density at radius 3 is 2.89 bits per heavy atom. The molecule has 1 heterocycles. The van der Waals surface area contributed by atoms with Crippen LogP contribution in [0.5, 0.6) is 0 Å². The van der Waals surface area contributed by atoms with Gasteiger partial charge < -0.3 is 10.0 Å². The Bertz CT molecular complexity index is 471. The van der Waals surface area contributed by atoms with Crippen LogP contribution in [-0.2, 0) is 11.2 Å². The highest BCUT2D eigenvalue weighted by molar-refractivity contribution is 5.87. The predicted molar refractivity (Wildman–Crippen MR) is 69.3 cm³/mol. The minimum Gasteiger partial charge on any atom is -0.393 e. The number of benzene rings is 1. The van der Waals surface area contributed by atoms with Crippen LogP contribution >= 0.6 is 0 Å². The van der Waals surface area contributed by atoms with Crippen molar-refractivity contribution >= 4 is 5.91 Å². The van der Waals surface area contributed by atoms with Crippen molar-refractivity contribution in [2.75, 3.05) is 13.1 Å². The number of piperidine rings is 1. The molecule has 3 unspecified atom stereocenters. The number of nitrogens with zero attached hydrogens (tertiary/aromatic N) is 1. The van der Waals surface area contributed by atoms with Gasteiger partial charge in [-0.1, -0.05) is 31.2 Å². The molecule has 1 amide bonds. The number of aliphatic hydroxyl groups excluding tert-OH is 1. The van der Waals surface area contributed by atoms with E-state index in [2.05, 4.69) is 12.1 Å². The van der Waals surface area contributed by atoms with E-state index in [0.29, 0.717) is 19.5 Å². The smallest absolute Gasteiger partial charge is 0.230 e. The largest absolute Gasteiger partial charge is 0.393 e. The van der Waals surface area contributed by atoms with Crippen molar-refractivity contribution in [1.29, 1.82) is 0 Å². The van der Waals surface area contributed by atoms with E-state index >= 15 is 0 Å². The zero-order chi connectivity index (χ0) is 12.7. The maximum atomic E-state index is 12.4. The van der Waals surface area contributed by atoms with Gasteiger partial charge in [-0.25, -0.2) is 0 Å². The number of carbonyl (C=O) groups excluding carboxylic acids is 1. The molecule has 1 aromatic rings. The Hall–Kier alpha value is -1.35. The number of likely N-dealkylation sites (tertiary alicyclic amines) is 1. The Labute approximate surface area is 107 Å². The van der Waals surface area contributed by atoms with Gasteiger partial charge in [0.2, 0.25) is 5.91 Å². The lowest BCUT2D eigenvalue weighted by molar-refractivity contribution is -0.136. The van der Waals surface area contributed by atoms with Crippen LogP contribution in [0, 0.1) is 5.92 Å². The molecule has 3 atom stereocenters. The number of aliphatic hydroxyl groups is 1. The molecular weight excluding hydrogens is 226 g/mol. The summed E-state index contributed by atoms with van der Waals surface area (Å²) in [5, 5.41) is 9.71. The van der Waals surface area contributed by atoms with Gasteiger partial charge >= 0.3 is 0 Å². The predicted octanol–water partition coefficient (Wildman–Crippen LogP) is 1.56. The summed E-state index contributed by atoms with van der Waals surface area (Å²) in [6.07, 6.45) is 1.34. The van der Waals surface area contributed by atoms with E-state index in [9.17, 15) is 9.90 Å². The second-order valence-electron chi connectivity index (χ2n) is 5.57. The molecule has 0 radical (unpaired) electrons. The van der Waals surface area contributed by atoms with E-state index in [1.165, 1.54) is 11.1 Å². The molecule has 1 N–H and O–H groups in total. The fourth-order valence-electron chi connectivity index (χ4n) is 3.03. The first-order chi connectivity index (χ1) is 8.66. The van der Waals surface area contributed by atoms with Gasteiger partial charge in [0.1, 0.15) is 0 Å². The van der Waals surface area contributed by atoms with Gasteiger partial charge in [0.05, 0.1) is 12.0 Å². The molecule has 3 rings (SSSR count). The Morgan fingerprint density at radius 2 is 2.17 bits per heavy atom. The zero-order valence-corrected chi connectivity index (χ0v) is 10.7. The lowest BCUT2D eigenvalue weighted by Gasteiger charge is -2.39. The maximum Gasteiger partial charge on any atom is 0.230 e. The van der Waals surface area contributed by atoms with E-state index in [-0.39, 0.29) is 23.8 Å². The first kappa shape index (κ1) is 11.7. The molecule has 0 bridgehead atoms. The molecule has 96 valence electrons. The zero-order valence-electron chi connectivity index (χ0n) is 10.7. The van der Waals surface area contributed by atoms with Crippen LogP contribution in [0.3, 0.4) is 0 Å². The van der Waals surface area contributed by atoms with Crippen molar-refractivity contribution < 1.29 is 9.90 Å². The Morgan fingerprint density at radius 1 is 1.39 bits per heavy atom. The van der Waals surface area contributed by atoms with Gasteiger partial charge in [0.25, 0.3) is 0 Å². The van der Waals surface area contributed by atoms with Gasteiger partial charge in [-0.3, -0.25) is 4.79 Å². The summed E-state index contributed by atoms with van der Waals surface area (Å²) in [6.45, 7) is 3.40. The van der Waals surface area contributed by atoms with Crippen LogP contribution in [0.15, 0.2) is 24.3 Å². The first-order valence-corrected chi connectivity index (χ1v) is 6.71. The Kier molecular flexibility index (Phi) is 2.86. The molecule has 3 nitrogen and oxygen atoms in total. The minimum absolute atomic E-state index is 0.0589. The van der Waals surface area contributed by atoms with Crippen molar-refractivity contribution in [3.8, 4) is 0 Å². The fourth-order valence-corrected chi connectivity index (χ4v) is 3.03. The summed E-state index contributed by atoms with van der Waals surface area (Å²) < 4.78 is 0. The summed E-state index contributed by atoms with van der Waals surface area (Å²) in [6, 6.07) is 8.19. The van der Waals surface area contributed by atoms with Crippen LogP contribution in [-0.4, -0.2) is 35.1 Å². The van der Waals surface area contributed by atoms with Crippen molar-refractivity contribution in [3.05, 3.63) is 35.4 Å². The highest BCUT2D eigenvalue weighted by atomic mass is 16.3. The third-order valence-electron chi connectivity index (χ3n) is 4.32. The molecule has 2 aliphatic rings. The normalized spacial score (nSPS) is 30.6. The number of rotatable bonds is 1. The van der Waals surface area contributed by atoms with Gasteiger partial charge in [-0.2, -0.15) is 0 Å². The topological polar surface area (TPSA) is 40.5 Å². The standard InChI is InChI=1S/C15H19NO2/c1-10-9-16(7-6-14(10)17)15(18)13-8-11-4-2-3-5-12(11)13/h2-5,10,13-14,17H,6-9H2,1H3. The Balaban J connectivity index is 1.70. The summed E-state index contributed by atoms with van der Waals surface area (Å²) >= 11 is 0. The lowest BCUT2D eigenvalue weighted by Crippen LogP contribution is -2.48. The lowest BCUT2D eigenvalue weighted by atomic mass is 9.76. The molecule has 0 spiro atoms. The molecule has 3 heteroatoms. The SMILES string of the molecule is CC1CN(C(=O)C2Cc3ccccc32)CCC1O. The van der Waals surface area contributed by atoms with E-state index < -0.39 is 0 Å². The quantitative estimate of drug-likeness (QED) is 0.815. The van der Waals surface area contributed by atoms with E-state index in [1.807, 2.05) is 24.0 Å². The molecule has 0 saturated carbocycles. The van der Waals surface area contributed by atoms with Gasteiger partial charge in [0, 0.05) is 13.1 Å². The number of hydrogen-bond donors (Lipinski definition) is 1. The molecule has 1 aliphatic carbocycles. The fraction of sp³-hybridized carbons (Fsp3) is 0.533. The third kappa shape index (κ3) is 1.83. The van der Waals surface area contributed by atoms with Crippen molar-refractivity contribution in [2.24, 2.45) is 5.92 Å². The number of amides is 1. The maximum absolute atomic E-state index is 12.4. The number of fused-ring (bicyclic) bond motifs is 1. The van der Waals surface area contributed by atoms with Crippen LogP contribution in [0.25, 0.3) is 0 Å². The van der Waals surface area contributed by atoms with Crippen LogP contribution < -0.4 is 0 Å². The van der Waals surface area contributed by atoms with Crippen LogP contribution in [0.2, 0.25) is 0 Å². The van der Waals surface area contributed by atoms with Gasteiger partial charge in [0.15, 0.2) is 0 Å². The van der Waals surface area contributed by atoms with Crippen molar-refractivity contribution in [2.45, 2.75) is 31.8 Å². The average Bonchev–Trinajstić information content (AvgIpc) is 2.34. The van der Waals surface area contributed by atoms with E-state index in [4.69, 9.17) is 0 Å². The minimum atomic E-state index is -0.247.